The Balaban J connectivity index is 1.64. The van der Waals surface area contributed by atoms with E-state index in [4.69, 9.17) is 0 Å². The van der Waals surface area contributed by atoms with E-state index < -0.39 is 30.5 Å². The van der Waals surface area contributed by atoms with E-state index in [9.17, 15) is 22.8 Å². The minimum Gasteiger partial charge on any atom is -0.333 e. The van der Waals surface area contributed by atoms with Gasteiger partial charge in [0.25, 0.3) is 0 Å². The van der Waals surface area contributed by atoms with Crippen LogP contribution in [0.25, 0.3) is 11.3 Å². The van der Waals surface area contributed by atoms with Crippen molar-refractivity contribution in [1.29, 1.82) is 0 Å². The highest BCUT2D eigenvalue weighted by molar-refractivity contribution is 7.14. The van der Waals surface area contributed by atoms with Crippen LogP contribution in [0.15, 0.2) is 29.6 Å². The Morgan fingerprint density at radius 3 is 2.81 bits per heavy atom. The van der Waals surface area contributed by atoms with Gasteiger partial charge >= 0.3 is 6.18 Å². The summed E-state index contributed by atoms with van der Waals surface area (Å²) in [6.45, 7) is 0.386. The van der Waals surface area contributed by atoms with Gasteiger partial charge in [0.2, 0.25) is 11.8 Å². The van der Waals surface area contributed by atoms with E-state index >= 15 is 0 Å². The largest absolute Gasteiger partial charge is 0.406 e. The summed E-state index contributed by atoms with van der Waals surface area (Å²) in [5.41, 5.74) is 2.70. The van der Waals surface area contributed by atoms with Gasteiger partial charge in [-0.2, -0.15) is 13.2 Å². The summed E-state index contributed by atoms with van der Waals surface area (Å²) >= 11 is 1.23. The van der Waals surface area contributed by atoms with Crippen LogP contribution in [-0.2, 0) is 9.59 Å². The number of halogens is 3. The Labute approximate surface area is 151 Å². The standard InChI is InChI=1S/C17H16F3N3O2S/c1-10-4-2-3-5-12(10)13-8-26-16(21-13)22-15(25)11-6-14(24)23(7-11)9-17(18,19)20/h2-5,8,11H,6-7,9H2,1H3,(H,21,22,25). The molecule has 1 atom stereocenters. The third-order valence-electron chi connectivity index (χ3n) is 4.11. The van der Waals surface area contributed by atoms with Gasteiger partial charge in [-0.3, -0.25) is 9.59 Å². The fourth-order valence-corrected chi connectivity index (χ4v) is 3.55. The first kappa shape index (κ1) is 18.4. The molecule has 0 spiro atoms. The summed E-state index contributed by atoms with van der Waals surface area (Å²) in [5.74, 6) is -1.97. The molecule has 1 aliphatic rings. The third kappa shape index (κ3) is 4.21. The number of nitrogens with one attached hydrogen (secondary N) is 1. The number of carbonyl (C=O) groups excluding carboxylic acids is 2. The molecule has 5 nitrogen and oxygen atoms in total. The average Bonchev–Trinajstić information content (AvgIpc) is 3.14. The lowest BCUT2D eigenvalue weighted by Crippen LogP contribution is -2.36. The quantitative estimate of drug-likeness (QED) is 0.880. The molecule has 3 rings (SSSR count). The molecule has 9 heteroatoms. The van der Waals surface area contributed by atoms with Crippen LogP contribution in [0, 0.1) is 12.8 Å². The Morgan fingerprint density at radius 2 is 2.12 bits per heavy atom. The van der Waals surface area contributed by atoms with Crippen molar-refractivity contribution in [3.8, 4) is 11.3 Å². The molecule has 2 amide bonds. The predicted molar refractivity (Wildman–Crippen MR) is 91.7 cm³/mol. The lowest BCUT2D eigenvalue weighted by atomic mass is 10.1. The molecule has 1 saturated heterocycles. The van der Waals surface area contributed by atoms with Crippen molar-refractivity contribution in [1.82, 2.24) is 9.88 Å². The number of likely N-dealkylation sites (tertiary alicyclic amines) is 1. The zero-order chi connectivity index (χ0) is 18.9. The molecule has 1 fully saturated rings. The SMILES string of the molecule is Cc1ccccc1-c1csc(NC(=O)C2CC(=O)N(CC(F)(F)F)C2)n1. The fourth-order valence-electron chi connectivity index (χ4n) is 2.84. The fraction of sp³-hybridized carbons (Fsp3) is 0.353. The second kappa shape index (κ2) is 7.06. The molecule has 0 radical (unpaired) electrons. The van der Waals surface area contributed by atoms with Gasteiger partial charge in [0, 0.05) is 23.9 Å². The minimum atomic E-state index is -4.47. The monoisotopic (exact) mass is 383 g/mol. The van der Waals surface area contributed by atoms with Gasteiger partial charge in [0.1, 0.15) is 6.54 Å². The number of rotatable bonds is 4. The first-order valence-corrected chi connectivity index (χ1v) is 8.78. The van der Waals surface area contributed by atoms with Crippen LogP contribution in [-0.4, -0.2) is 41.0 Å². The van der Waals surface area contributed by atoms with Crippen molar-refractivity contribution >= 4 is 28.3 Å². The topological polar surface area (TPSA) is 62.3 Å². The number of amides is 2. The van der Waals surface area contributed by atoms with Gasteiger partial charge < -0.3 is 10.2 Å². The van der Waals surface area contributed by atoms with E-state index in [2.05, 4.69) is 10.3 Å². The number of aromatic nitrogens is 1. The van der Waals surface area contributed by atoms with Crippen molar-refractivity contribution in [2.45, 2.75) is 19.5 Å². The number of anilines is 1. The molecule has 0 aliphatic carbocycles. The minimum absolute atomic E-state index is 0.224. The average molecular weight is 383 g/mol. The van der Waals surface area contributed by atoms with Gasteiger partial charge in [-0.1, -0.05) is 24.3 Å². The summed E-state index contributed by atoms with van der Waals surface area (Å²) in [7, 11) is 0. The number of aryl methyl sites for hydroxylation is 1. The van der Waals surface area contributed by atoms with E-state index in [0.29, 0.717) is 15.7 Å². The smallest absolute Gasteiger partial charge is 0.333 e. The second-order valence-corrected chi connectivity index (χ2v) is 6.99. The molecule has 1 aliphatic heterocycles. The van der Waals surface area contributed by atoms with Gasteiger partial charge in [0.05, 0.1) is 11.6 Å². The van der Waals surface area contributed by atoms with Crippen LogP contribution < -0.4 is 5.32 Å². The van der Waals surface area contributed by atoms with Crippen molar-refractivity contribution < 1.29 is 22.8 Å². The number of benzene rings is 1. The van der Waals surface area contributed by atoms with Crippen LogP contribution in [0.1, 0.15) is 12.0 Å². The molecule has 26 heavy (non-hydrogen) atoms. The van der Waals surface area contributed by atoms with Crippen molar-refractivity contribution in [2.75, 3.05) is 18.4 Å². The zero-order valence-electron chi connectivity index (χ0n) is 13.8. The van der Waals surface area contributed by atoms with Gasteiger partial charge in [0.15, 0.2) is 5.13 Å². The Morgan fingerprint density at radius 1 is 1.38 bits per heavy atom. The molecular weight excluding hydrogens is 367 g/mol. The highest BCUT2D eigenvalue weighted by Gasteiger charge is 2.40. The van der Waals surface area contributed by atoms with Crippen LogP contribution >= 0.6 is 11.3 Å². The van der Waals surface area contributed by atoms with E-state index in [1.165, 1.54) is 11.3 Å². The number of carbonyl (C=O) groups is 2. The van der Waals surface area contributed by atoms with Gasteiger partial charge in [-0.15, -0.1) is 11.3 Å². The molecule has 2 heterocycles. The van der Waals surface area contributed by atoms with E-state index in [1.54, 1.807) is 5.38 Å². The molecule has 2 aromatic rings. The van der Waals surface area contributed by atoms with Crippen molar-refractivity contribution in [2.24, 2.45) is 5.92 Å². The molecule has 0 saturated carbocycles. The first-order chi connectivity index (χ1) is 12.2. The summed E-state index contributed by atoms with van der Waals surface area (Å²) in [6, 6.07) is 7.67. The number of alkyl halides is 3. The molecule has 0 bridgehead atoms. The van der Waals surface area contributed by atoms with E-state index in [1.807, 2.05) is 31.2 Å². The number of hydrogen-bond donors (Lipinski definition) is 1. The highest BCUT2D eigenvalue weighted by Crippen LogP contribution is 2.29. The van der Waals surface area contributed by atoms with E-state index in [0.717, 1.165) is 11.1 Å². The zero-order valence-corrected chi connectivity index (χ0v) is 14.7. The number of thiazole rings is 1. The highest BCUT2D eigenvalue weighted by atomic mass is 32.1. The van der Waals surface area contributed by atoms with Crippen LogP contribution in [0.2, 0.25) is 0 Å². The molecule has 1 aromatic carbocycles. The van der Waals surface area contributed by atoms with Crippen molar-refractivity contribution in [3.63, 3.8) is 0 Å². The normalized spacial score (nSPS) is 17.6. The van der Waals surface area contributed by atoms with Crippen LogP contribution in [0.3, 0.4) is 0 Å². The lowest BCUT2D eigenvalue weighted by Gasteiger charge is -2.18. The Hall–Kier alpha value is -2.42. The van der Waals surface area contributed by atoms with Gasteiger partial charge in [-0.05, 0) is 12.5 Å². The molecule has 1 unspecified atom stereocenters. The Bertz CT molecular complexity index is 835. The summed E-state index contributed by atoms with van der Waals surface area (Å²) in [6.07, 6.45) is -4.70. The molecular formula is C17H16F3N3O2S. The molecule has 138 valence electrons. The van der Waals surface area contributed by atoms with Crippen molar-refractivity contribution in [3.05, 3.63) is 35.2 Å². The Kier molecular flexibility index (Phi) is 4.99. The van der Waals surface area contributed by atoms with Gasteiger partial charge in [-0.25, -0.2) is 4.98 Å². The summed E-state index contributed by atoms with van der Waals surface area (Å²) < 4.78 is 37.3. The van der Waals surface area contributed by atoms with Crippen LogP contribution in [0.5, 0.6) is 0 Å². The summed E-state index contributed by atoms with van der Waals surface area (Å²) in [4.78, 5) is 29.0. The van der Waals surface area contributed by atoms with Crippen LogP contribution in [0.4, 0.5) is 18.3 Å². The lowest BCUT2D eigenvalue weighted by molar-refractivity contribution is -0.157. The maximum Gasteiger partial charge on any atom is 0.406 e. The maximum absolute atomic E-state index is 12.4. The van der Waals surface area contributed by atoms with E-state index in [-0.39, 0.29) is 13.0 Å². The number of hydrogen-bond acceptors (Lipinski definition) is 4. The summed E-state index contributed by atoms with van der Waals surface area (Å²) in [5, 5.41) is 4.76. The molecule has 1 aromatic heterocycles. The predicted octanol–water partition coefficient (Wildman–Crippen LogP) is 3.47. The second-order valence-electron chi connectivity index (χ2n) is 6.13. The maximum atomic E-state index is 12.4. The first-order valence-electron chi connectivity index (χ1n) is 7.90. The third-order valence-corrected chi connectivity index (χ3v) is 4.87. The number of nitrogens with zero attached hydrogens (tertiary/aromatic N) is 2. The molecule has 1 N–H and O–H groups in total.